The van der Waals surface area contributed by atoms with Gasteiger partial charge in [0.15, 0.2) is 10.8 Å². The molecule has 0 aromatic carbocycles. The third-order valence-electron chi connectivity index (χ3n) is 3.99. The van der Waals surface area contributed by atoms with Crippen molar-refractivity contribution in [2.45, 2.75) is 19.4 Å². The molecule has 3 N–H and O–H groups in total. The van der Waals surface area contributed by atoms with Crippen LogP contribution in [0.1, 0.15) is 18.5 Å². The third-order valence-corrected chi connectivity index (χ3v) is 4.89. The Morgan fingerprint density at radius 2 is 2.32 bits per heavy atom. The molecule has 1 saturated heterocycles. The number of likely N-dealkylation sites (tertiary alicyclic amines) is 1. The minimum atomic E-state index is 0. The molecule has 25 heavy (non-hydrogen) atoms. The van der Waals surface area contributed by atoms with Crippen LogP contribution in [-0.2, 0) is 11.3 Å². The Balaban J connectivity index is 0.00000156. The van der Waals surface area contributed by atoms with Gasteiger partial charge in [0.25, 0.3) is 0 Å². The summed E-state index contributed by atoms with van der Waals surface area (Å²) in [6.45, 7) is 3.60. The molecule has 9 heteroatoms. The Bertz CT molecular complexity index is 636. The van der Waals surface area contributed by atoms with Crippen LogP contribution in [-0.4, -0.2) is 42.0 Å². The Morgan fingerprint density at radius 3 is 3.04 bits per heavy atom. The lowest BCUT2D eigenvalue weighted by Gasteiger charge is -2.31. The van der Waals surface area contributed by atoms with Crippen LogP contribution in [0.5, 0.6) is 0 Å². The number of thiazole rings is 1. The number of piperidine rings is 1. The van der Waals surface area contributed by atoms with Gasteiger partial charge in [0.05, 0.1) is 17.9 Å². The number of aromatic nitrogens is 1. The van der Waals surface area contributed by atoms with Crippen molar-refractivity contribution in [2.24, 2.45) is 11.7 Å². The molecule has 0 saturated carbocycles. The Labute approximate surface area is 164 Å². The summed E-state index contributed by atoms with van der Waals surface area (Å²) >= 11 is 1.59. The van der Waals surface area contributed by atoms with E-state index < -0.39 is 0 Å². The van der Waals surface area contributed by atoms with Crippen molar-refractivity contribution in [3.05, 3.63) is 29.5 Å². The van der Waals surface area contributed by atoms with Gasteiger partial charge in [-0.1, -0.05) is 0 Å². The van der Waals surface area contributed by atoms with Crippen LogP contribution in [0.25, 0.3) is 10.8 Å². The van der Waals surface area contributed by atoms with Gasteiger partial charge >= 0.3 is 0 Å². The van der Waals surface area contributed by atoms with Gasteiger partial charge in [0.2, 0.25) is 5.91 Å². The number of carbonyl (C=O) groups excluding carboxylic acids is 1. The number of nitrogens with zero attached hydrogens (tertiary/aromatic N) is 2. The van der Waals surface area contributed by atoms with Crippen LogP contribution in [0, 0.1) is 5.92 Å². The zero-order chi connectivity index (χ0) is 16.1. The van der Waals surface area contributed by atoms with E-state index in [0.29, 0.717) is 13.1 Å². The normalized spacial score (nSPS) is 17.4. The number of rotatable bonds is 6. The summed E-state index contributed by atoms with van der Waals surface area (Å²) in [5, 5.41) is 5.86. The van der Waals surface area contributed by atoms with Crippen LogP contribution in [0.3, 0.4) is 0 Å². The van der Waals surface area contributed by atoms with Gasteiger partial charge in [-0.15, -0.1) is 36.2 Å². The molecule has 1 unspecified atom stereocenters. The van der Waals surface area contributed by atoms with Crippen LogP contribution < -0.4 is 11.1 Å². The second-order valence-corrected chi connectivity index (χ2v) is 6.63. The Kier molecular flexibility index (Phi) is 9.45. The molecule has 140 valence electrons. The number of hydrogen-bond donors (Lipinski definition) is 2. The van der Waals surface area contributed by atoms with Crippen molar-refractivity contribution in [3.8, 4) is 10.8 Å². The monoisotopic (exact) mass is 406 g/mol. The van der Waals surface area contributed by atoms with E-state index in [2.05, 4.69) is 20.6 Å². The largest absolute Gasteiger partial charge is 0.462 e. The molecule has 1 aliphatic heterocycles. The lowest BCUT2D eigenvalue weighted by molar-refractivity contribution is -0.126. The molecule has 2 aromatic heterocycles. The second-order valence-electron chi connectivity index (χ2n) is 5.78. The standard InChI is InChI=1S/C16H22N4O2S.2ClH/c17-5-6-18-15(21)12-3-1-7-20(9-12)10-13-11-23-16(19-13)14-4-2-8-22-14;;/h2,4,8,11-12H,1,3,5-7,9-10,17H2,(H,18,21);2*1H. The average molecular weight is 407 g/mol. The predicted octanol–water partition coefficient (Wildman–Crippen LogP) is 2.53. The summed E-state index contributed by atoms with van der Waals surface area (Å²) in [5.74, 6) is 0.979. The minimum absolute atomic E-state index is 0. The predicted molar refractivity (Wildman–Crippen MR) is 104 cm³/mol. The molecular weight excluding hydrogens is 383 g/mol. The lowest BCUT2D eigenvalue weighted by atomic mass is 9.97. The minimum Gasteiger partial charge on any atom is -0.462 e. The summed E-state index contributed by atoms with van der Waals surface area (Å²) in [7, 11) is 0. The molecule has 0 bridgehead atoms. The van der Waals surface area contributed by atoms with Crippen molar-refractivity contribution < 1.29 is 9.21 Å². The molecule has 0 radical (unpaired) electrons. The number of hydrogen-bond acceptors (Lipinski definition) is 6. The summed E-state index contributed by atoms with van der Waals surface area (Å²) < 4.78 is 5.38. The fourth-order valence-electron chi connectivity index (χ4n) is 2.87. The summed E-state index contributed by atoms with van der Waals surface area (Å²) in [6.07, 6.45) is 3.64. The molecule has 3 rings (SSSR count). The van der Waals surface area contributed by atoms with Crippen LogP contribution in [0.4, 0.5) is 0 Å². The third kappa shape index (κ3) is 5.97. The Hall–Kier alpha value is -1.12. The second kappa shape index (κ2) is 10.8. The van der Waals surface area contributed by atoms with E-state index >= 15 is 0 Å². The summed E-state index contributed by atoms with van der Waals surface area (Å²) in [4.78, 5) is 19.0. The first-order valence-electron chi connectivity index (χ1n) is 7.94. The highest BCUT2D eigenvalue weighted by Crippen LogP contribution is 2.25. The van der Waals surface area contributed by atoms with Gasteiger partial charge in [-0.2, -0.15) is 0 Å². The highest BCUT2D eigenvalue weighted by atomic mass is 35.5. The van der Waals surface area contributed by atoms with Crippen LogP contribution >= 0.6 is 36.2 Å². The van der Waals surface area contributed by atoms with Gasteiger partial charge in [-0.3, -0.25) is 9.69 Å². The van der Waals surface area contributed by atoms with Crippen LogP contribution in [0.2, 0.25) is 0 Å². The fraction of sp³-hybridized carbons (Fsp3) is 0.500. The summed E-state index contributed by atoms with van der Waals surface area (Å²) in [5.41, 5.74) is 6.47. The van der Waals surface area contributed by atoms with E-state index in [1.54, 1.807) is 17.6 Å². The molecule has 0 aliphatic carbocycles. The number of nitrogens with two attached hydrogens (primary N) is 1. The van der Waals surface area contributed by atoms with Crippen molar-refractivity contribution in [3.63, 3.8) is 0 Å². The molecule has 1 amide bonds. The van der Waals surface area contributed by atoms with E-state index in [1.165, 1.54) is 0 Å². The molecule has 1 atom stereocenters. The molecule has 1 aliphatic rings. The SMILES string of the molecule is Cl.Cl.NCCNC(=O)C1CCCN(Cc2csc(-c3ccco3)n2)C1. The number of carbonyl (C=O) groups is 1. The molecular formula is C16H24Cl2N4O2S. The van der Waals surface area contributed by atoms with Gasteiger partial charge in [0, 0.05) is 31.6 Å². The van der Waals surface area contributed by atoms with Gasteiger partial charge in [-0.25, -0.2) is 4.98 Å². The van der Waals surface area contributed by atoms with Gasteiger partial charge in [0.1, 0.15) is 0 Å². The van der Waals surface area contributed by atoms with Crippen LogP contribution in [0.15, 0.2) is 28.2 Å². The van der Waals surface area contributed by atoms with E-state index in [-0.39, 0.29) is 36.6 Å². The van der Waals surface area contributed by atoms with Crippen molar-refractivity contribution in [1.29, 1.82) is 0 Å². The number of furan rings is 1. The van der Waals surface area contributed by atoms with Gasteiger partial charge < -0.3 is 15.5 Å². The average Bonchev–Trinajstić information content (AvgIpc) is 3.24. The molecule has 2 aromatic rings. The zero-order valence-corrected chi connectivity index (χ0v) is 16.3. The first kappa shape index (κ1) is 21.9. The highest BCUT2D eigenvalue weighted by Gasteiger charge is 2.25. The number of amides is 1. The van der Waals surface area contributed by atoms with E-state index in [4.69, 9.17) is 10.2 Å². The molecule has 1 fully saturated rings. The lowest BCUT2D eigenvalue weighted by Crippen LogP contribution is -2.43. The van der Waals surface area contributed by atoms with Gasteiger partial charge in [-0.05, 0) is 31.5 Å². The van der Waals surface area contributed by atoms with Crippen molar-refractivity contribution in [1.82, 2.24) is 15.2 Å². The van der Waals surface area contributed by atoms with Crippen molar-refractivity contribution >= 4 is 42.1 Å². The maximum atomic E-state index is 12.1. The van der Waals surface area contributed by atoms with E-state index in [0.717, 1.165) is 48.9 Å². The number of nitrogens with one attached hydrogen (secondary N) is 1. The van der Waals surface area contributed by atoms with E-state index in [9.17, 15) is 4.79 Å². The molecule has 3 heterocycles. The molecule has 0 spiro atoms. The zero-order valence-electron chi connectivity index (χ0n) is 13.8. The Morgan fingerprint density at radius 1 is 1.48 bits per heavy atom. The summed E-state index contributed by atoms with van der Waals surface area (Å²) in [6, 6.07) is 3.78. The molecule has 6 nitrogen and oxygen atoms in total. The number of halogens is 2. The van der Waals surface area contributed by atoms with Crippen molar-refractivity contribution in [2.75, 3.05) is 26.2 Å². The maximum absolute atomic E-state index is 12.1. The first-order chi connectivity index (χ1) is 11.3. The topological polar surface area (TPSA) is 84.4 Å². The smallest absolute Gasteiger partial charge is 0.224 e. The first-order valence-corrected chi connectivity index (χ1v) is 8.82. The fourth-order valence-corrected chi connectivity index (χ4v) is 3.65. The maximum Gasteiger partial charge on any atom is 0.224 e. The quantitative estimate of drug-likeness (QED) is 0.769. The van der Waals surface area contributed by atoms with E-state index in [1.807, 2.05) is 12.1 Å². The highest BCUT2D eigenvalue weighted by molar-refractivity contribution is 7.13.